The Kier molecular flexibility index (Phi) is 0.894. The van der Waals surface area contributed by atoms with Crippen LogP contribution < -0.4 is 10.4 Å². The van der Waals surface area contributed by atoms with Gasteiger partial charge in [0.05, 0.1) is 2.74 Å². The number of rotatable bonds is 2. The highest BCUT2D eigenvalue weighted by molar-refractivity contribution is 6.58. The Morgan fingerprint density at radius 2 is 1.93 bits per heavy atom. The van der Waals surface area contributed by atoms with E-state index in [2.05, 4.69) is 9.97 Å². The number of hydrogen-bond donors (Lipinski definition) is 2. The van der Waals surface area contributed by atoms with E-state index in [1.165, 1.54) is 0 Å². The fraction of sp³-hybridized carbons (Fsp3) is 0.500. The molecule has 2 heterocycles. The summed E-state index contributed by atoms with van der Waals surface area (Å²) in [6, 6.07) is 0. The Morgan fingerprint density at radius 1 is 1.36 bits per heavy atom. The highest BCUT2D eigenvalue weighted by Gasteiger charge is 2.16. The zero-order chi connectivity index (χ0) is 18.9. The summed E-state index contributed by atoms with van der Waals surface area (Å²) in [5.74, 6) is -0.949. The van der Waals surface area contributed by atoms with Crippen LogP contribution in [0, 0.1) is 0 Å². The third-order valence-corrected chi connectivity index (χ3v) is 1.41. The summed E-state index contributed by atoms with van der Waals surface area (Å²) in [6.45, 7) is -6.50. The van der Waals surface area contributed by atoms with Crippen molar-refractivity contribution in [3.8, 4) is 0 Å². The van der Waals surface area contributed by atoms with Crippen LogP contribution in [-0.2, 0) is 0 Å². The lowest BCUT2D eigenvalue weighted by Gasteiger charge is -2.14. The molecule has 74 valence electrons. The molecule has 2 N–H and O–H groups in total. The average Bonchev–Trinajstić information content (AvgIpc) is 2.41. The zero-order valence-electron chi connectivity index (χ0n) is 16.8. The van der Waals surface area contributed by atoms with Crippen molar-refractivity contribution < 1.29 is 23.8 Å². The van der Waals surface area contributed by atoms with Crippen molar-refractivity contribution in [2.75, 3.05) is 17.9 Å². The average molecular weight is 203 g/mol. The predicted octanol–water partition coefficient (Wildman–Crippen LogP) is -1.24. The standard InChI is InChI=1S/C8H12BN3O2/c13-9(14)7-5-10-8(11-6-7)12-3-1-2-4-12/h5-6,13-14H,1-4H2/i1D2,2D2,3D2,4D2,5D,6D. The Hall–Kier alpha value is -1.14. The Balaban J connectivity index is 2.72. The molecule has 0 bridgehead atoms. The number of anilines is 1. The van der Waals surface area contributed by atoms with Gasteiger partial charge in [-0.15, -0.1) is 0 Å². The van der Waals surface area contributed by atoms with Gasteiger partial charge in [-0.3, -0.25) is 0 Å². The molecule has 1 aromatic rings. The Morgan fingerprint density at radius 3 is 2.43 bits per heavy atom. The molecule has 6 heteroatoms. The van der Waals surface area contributed by atoms with Gasteiger partial charge in [0.2, 0.25) is 5.95 Å². The molecule has 0 radical (unpaired) electrons. The number of aromatic nitrogens is 2. The van der Waals surface area contributed by atoms with Crippen molar-refractivity contribution in [1.29, 1.82) is 0 Å². The number of nitrogens with zero attached hydrogens (tertiary/aromatic N) is 3. The van der Waals surface area contributed by atoms with E-state index in [4.69, 9.17) is 23.8 Å². The van der Waals surface area contributed by atoms with E-state index in [-0.39, 0.29) is 4.90 Å². The zero-order valence-corrected chi connectivity index (χ0v) is 6.81. The maximum Gasteiger partial charge on any atom is 0.491 e. The molecule has 1 saturated heterocycles. The monoisotopic (exact) mass is 203 g/mol. The van der Waals surface area contributed by atoms with E-state index < -0.39 is 56.6 Å². The fourth-order valence-corrected chi connectivity index (χ4v) is 0.782. The van der Waals surface area contributed by atoms with Crippen LogP contribution in [0.4, 0.5) is 5.95 Å². The molecule has 5 nitrogen and oxygen atoms in total. The molecule has 0 amide bonds. The van der Waals surface area contributed by atoms with E-state index in [0.717, 1.165) is 0 Å². The summed E-state index contributed by atoms with van der Waals surface area (Å²) >= 11 is 0. The SMILES string of the molecule is [2H]c1nc(N2C([2H])([2H])C([2H])([2H])C([2H])([2H])C2([2H])[2H])nc([2H])c1B(O)O. The molecule has 1 aliphatic rings. The second-order valence-corrected chi connectivity index (χ2v) is 2.34. The van der Waals surface area contributed by atoms with Crippen LogP contribution in [0.15, 0.2) is 12.3 Å². The minimum Gasteiger partial charge on any atom is -0.423 e. The van der Waals surface area contributed by atoms with Gasteiger partial charge >= 0.3 is 7.12 Å². The third kappa shape index (κ3) is 1.86. The second kappa shape index (κ2) is 3.94. The molecule has 0 unspecified atom stereocenters. The van der Waals surface area contributed by atoms with E-state index in [0.29, 0.717) is 0 Å². The van der Waals surface area contributed by atoms with Crippen molar-refractivity contribution in [1.82, 2.24) is 9.97 Å². The van der Waals surface area contributed by atoms with Crippen LogP contribution in [-0.4, -0.2) is 40.1 Å². The first kappa shape index (κ1) is 3.18. The highest BCUT2D eigenvalue weighted by Crippen LogP contribution is 2.13. The lowest BCUT2D eigenvalue weighted by atomic mass is 9.83. The van der Waals surface area contributed by atoms with Crippen molar-refractivity contribution >= 4 is 18.5 Å². The summed E-state index contributed by atoms with van der Waals surface area (Å²) in [5, 5.41) is 18.1. The van der Waals surface area contributed by atoms with E-state index in [1.807, 2.05) is 0 Å². The van der Waals surface area contributed by atoms with Crippen LogP contribution >= 0.6 is 0 Å². The largest absolute Gasteiger partial charge is 0.491 e. The van der Waals surface area contributed by atoms with Gasteiger partial charge in [0.25, 0.3) is 0 Å². The van der Waals surface area contributed by atoms with Crippen molar-refractivity contribution in [2.24, 2.45) is 0 Å². The van der Waals surface area contributed by atoms with Crippen molar-refractivity contribution in [2.45, 2.75) is 12.7 Å². The molecular weight excluding hydrogens is 181 g/mol. The molecule has 0 atom stereocenters. The minimum atomic E-state index is -3.31. The maximum atomic E-state index is 9.07. The minimum absolute atomic E-state index is 0.0103. The molecule has 2 rings (SSSR count). The first-order valence-electron chi connectivity index (χ1n) is 8.62. The van der Waals surface area contributed by atoms with Crippen molar-refractivity contribution in [3.05, 3.63) is 12.3 Å². The molecule has 1 fully saturated rings. The summed E-state index contributed by atoms with van der Waals surface area (Å²) < 4.78 is 77.0. The fourth-order valence-electron chi connectivity index (χ4n) is 0.782. The Bertz CT molecular complexity index is 635. The summed E-state index contributed by atoms with van der Waals surface area (Å²) in [6.07, 6.45) is -8.43. The second-order valence-electron chi connectivity index (χ2n) is 2.34. The molecule has 0 spiro atoms. The molecular formula is C8H12BN3O2. The topological polar surface area (TPSA) is 69.5 Å². The quantitative estimate of drug-likeness (QED) is 0.588. The highest BCUT2D eigenvalue weighted by atomic mass is 16.4. The van der Waals surface area contributed by atoms with Gasteiger partial charge in [-0.25, -0.2) is 9.97 Å². The van der Waals surface area contributed by atoms with Crippen LogP contribution in [0.3, 0.4) is 0 Å². The van der Waals surface area contributed by atoms with Crippen LogP contribution in [0.25, 0.3) is 0 Å². The van der Waals surface area contributed by atoms with Gasteiger partial charge in [-0.05, 0) is 12.7 Å². The summed E-state index contributed by atoms with van der Waals surface area (Å²) in [7, 11) is -2.26. The molecule has 1 aromatic heterocycles. The van der Waals surface area contributed by atoms with Gasteiger partial charge in [0.15, 0.2) is 0 Å². The van der Waals surface area contributed by atoms with Gasteiger partial charge in [-0.1, -0.05) is 0 Å². The normalized spacial score (nSPS) is 40.9. The van der Waals surface area contributed by atoms with Crippen LogP contribution in [0.2, 0.25) is 0 Å². The predicted molar refractivity (Wildman–Crippen MR) is 53.3 cm³/mol. The van der Waals surface area contributed by atoms with Gasteiger partial charge < -0.3 is 14.9 Å². The molecule has 0 aromatic carbocycles. The first-order valence-corrected chi connectivity index (χ1v) is 3.62. The molecule has 0 aliphatic carbocycles. The van der Waals surface area contributed by atoms with E-state index in [9.17, 15) is 0 Å². The smallest absolute Gasteiger partial charge is 0.423 e. The van der Waals surface area contributed by atoms with Gasteiger partial charge in [0, 0.05) is 41.8 Å². The first-order chi connectivity index (χ1) is 10.6. The Labute approximate surface area is 96.6 Å². The van der Waals surface area contributed by atoms with E-state index in [1.54, 1.807) is 0 Å². The van der Waals surface area contributed by atoms with Gasteiger partial charge in [-0.2, -0.15) is 0 Å². The summed E-state index contributed by atoms with van der Waals surface area (Å²) in [4.78, 5) is 6.77. The van der Waals surface area contributed by atoms with Gasteiger partial charge in [0.1, 0.15) is 0 Å². The molecule has 14 heavy (non-hydrogen) atoms. The maximum absolute atomic E-state index is 9.07. The lowest BCUT2D eigenvalue weighted by molar-refractivity contribution is 0.425. The van der Waals surface area contributed by atoms with Crippen LogP contribution in [0.5, 0.6) is 0 Å². The third-order valence-electron chi connectivity index (χ3n) is 1.41. The molecule has 0 saturated carbocycles. The van der Waals surface area contributed by atoms with E-state index >= 15 is 0 Å². The molecule has 1 aliphatic heterocycles. The van der Waals surface area contributed by atoms with Crippen LogP contribution in [0.1, 0.15) is 26.5 Å². The lowest BCUT2D eigenvalue weighted by Crippen LogP contribution is -2.31. The van der Waals surface area contributed by atoms with Crippen molar-refractivity contribution in [3.63, 3.8) is 0 Å². The number of hydrogen-bond acceptors (Lipinski definition) is 5. The summed E-state index contributed by atoms with van der Waals surface area (Å²) in [5.41, 5.74) is -0.704.